The molecule has 0 aromatic rings. The fraction of sp³-hybridized carbons (Fsp3) is 1.00. The molecule has 0 aromatic carbocycles. The van der Waals surface area contributed by atoms with Crippen LogP contribution in [0, 0.1) is 5.92 Å². The van der Waals surface area contributed by atoms with Gasteiger partial charge >= 0.3 is 0 Å². The van der Waals surface area contributed by atoms with Gasteiger partial charge in [0.05, 0.1) is 0 Å². The molecule has 94 valence electrons. The topological polar surface area (TPSA) is 27.3 Å². The van der Waals surface area contributed by atoms with Crippen LogP contribution >= 0.6 is 0 Å². The van der Waals surface area contributed by atoms with Crippen molar-refractivity contribution in [2.75, 3.05) is 39.3 Å². The molecule has 2 rings (SSSR count). The minimum absolute atomic E-state index is 0.726. The summed E-state index contributed by atoms with van der Waals surface area (Å²) in [7, 11) is 0. The molecule has 0 spiro atoms. The normalized spacial score (nSPS) is 26.1. The smallest absolute Gasteiger partial charge is 0.0192 e. The molecule has 16 heavy (non-hydrogen) atoms. The Morgan fingerprint density at radius 2 is 1.94 bits per heavy atom. The Kier molecular flexibility index (Phi) is 5.07. The highest BCUT2D eigenvalue weighted by Crippen LogP contribution is 2.12. The van der Waals surface area contributed by atoms with Crippen LogP contribution in [0.5, 0.6) is 0 Å². The van der Waals surface area contributed by atoms with Gasteiger partial charge in [0, 0.05) is 12.6 Å². The molecule has 2 aliphatic rings. The summed E-state index contributed by atoms with van der Waals surface area (Å²) in [5, 5.41) is 7.08. The number of nitrogens with zero attached hydrogens (tertiary/aromatic N) is 1. The van der Waals surface area contributed by atoms with Gasteiger partial charge in [-0.05, 0) is 71.2 Å². The molecule has 0 aliphatic carbocycles. The Morgan fingerprint density at radius 1 is 1.25 bits per heavy atom. The second-order valence-electron chi connectivity index (χ2n) is 5.44. The number of hydrogen-bond donors (Lipinski definition) is 2. The Balaban J connectivity index is 1.56. The fourth-order valence-electron chi connectivity index (χ4n) is 2.89. The molecular weight excluding hydrogens is 198 g/mol. The zero-order valence-corrected chi connectivity index (χ0v) is 10.7. The van der Waals surface area contributed by atoms with E-state index in [-0.39, 0.29) is 0 Å². The highest BCUT2D eigenvalue weighted by atomic mass is 15.2. The molecule has 0 amide bonds. The van der Waals surface area contributed by atoms with Gasteiger partial charge in [-0.15, -0.1) is 0 Å². The van der Waals surface area contributed by atoms with Crippen LogP contribution in [0.2, 0.25) is 0 Å². The molecular formula is C13H27N3. The van der Waals surface area contributed by atoms with Crippen molar-refractivity contribution in [3.05, 3.63) is 0 Å². The molecule has 2 fully saturated rings. The van der Waals surface area contributed by atoms with Gasteiger partial charge in [-0.1, -0.05) is 0 Å². The fourth-order valence-corrected chi connectivity index (χ4v) is 2.89. The second-order valence-corrected chi connectivity index (χ2v) is 5.44. The average molecular weight is 225 g/mol. The monoisotopic (exact) mass is 225 g/mol. The number of nitrogens with one attached hydrogen (secondary N) is 2. The summed E-state index contributed by atoms with van der Waals surface area (Å²) in [5.41, 5.74) is 0. The lowest BCUT2D eigenvalue weighted by Crippen LogP contribution is -2.41. The van der Waals surface area contributed by atoms with Crippen LogP contribution in [0.25, 0.3) is 0 Å². The van der Waals surface area contributed by atoms with Crippen LogP contribution in [-0.4, -0.2) is 50.2 Å². The van der Waals surface area contributed by atoms with Crippen molar-refractivity contribution in [3.63, 3.8) is 0 Å². The van der Waals surface area contributed by atoms with Crippen molar-refractivity contribution in [2.45, 2.75) is 38.6 Å². The Labute approximate surface area is 100.0 Å². The largest absolute Gasteiger partial charge is 0.317 e. The zero-order valence-electron chi connectivity index (χ0n) is 10.7. The van der Waals surface area contributed by atoms with E-state index in [1.807, 2.05) is 0 Å². The van der Waals surface area contributed by atoms with Crippen molar-refractivity contribution in [1.82, 2.24) is 15.5 Å². The third-order valence-electron chi connectivity index (χ3n) is 4.10. The first-order valence-corrected chi connectivity index (χ1v) is 7.02. The summed E-state index contributed by atoms with van der Waals surface area (Å²) in [6, 6.07) is 0.726. The van der Waals surface area contributed by atoms with Crippen molar-refractivity contribution < 1.29 is 0 Å². The van der Waals surface area contributed by atoms with E-state index in [1.165, 1.54) is 65.0 Å². The van der Waals surface area contributed by atoms with Crippen molar-refractivity contribution >= 4 is 0 Å². The lowest BCUT2D eigenvalue weighted by atomic mass is 9.98. The summed E-state index contributed by atoms with van der Waals surface area (Å²) in [6.45, 7) is 9.82. The Bertz CT molecular complexity index is 184. The molecule has 0 aromatic heterocycles. The molecule has 0 saturated carbocycles. The van der Waals surface area contributed by atoms with Gasteiger partial charge in [0.2, 0.25) is 0 Å². The SMILES string of the molecule is CC(CNCC1CCNCC1)N1CCCC1. The summed E-state index contributed by atoms with van der Waals surface area (Å²) in [4.78, 5) is 2.62. The third-order valence-corrected chi connectivity index (χ3v) is 4.10. The van der Waals surface area contributed by atoms with Gasteiger partial charge in [0.1, 0.15) is 0 Å². The van der Waals surface area contributed by atoms with Crippen LogP contribution in [0.15, 0.2) is 0 Å². The van der Waals surface area contributed by atoms with Crippen LogP contribution in [-0.2, 0) is 0 Å². The highest BCUT2D eigenvalue weighted by Gasteiger charge is 2.18. The molecule has 0 radical (unpaired) electrons. The first-order valence-electron chi connectivity index (χ1n) is 7.02. The first-order chi connectivity index (χ1) is 7.86. The first kappa shape index (κ1) is 12.3. The van der Waals surface area contributed by atoms with E-state index >= 15 is 0 Å². The van der Waals surface area contributed by atoms with Gasteiger partial charge in [-0.3, -0.25) is 4.90 Å². The number of hydrogen-bond acceptors (Lipinski definition) is 3. The van der Waals surface area contributed by atoms with E-state index in [0.29, 0.717) is 0 Å². The minimum Gasteiger partial charge on any atom is -0.317 e. The molecule has 2 N–H and O–H groups in total. The van der Waals surface area contributed by atoms with Crippen molar-refractivity contribution in [2.24, 2.45) is 5.92 Å². The third kappa shape index (κ3) is 3.72. The van der Waals surface area contributed by atoms with Crippen molar-refractivity contribution in [1.29, 1.82) is 0 Å². The summed E-state index contributed by atoms with van der Waals surface area (Å²) < 4.78 is 0. The second kappa shape index (κ2) is 6.58. The van der Waals surface area contributed by atoms with Gasteiger partial charge in [-0.2, -0.15) is 0 Å². The molecule has 3 heteroatoms. The van der Waals surface area contributed by atoms with E-state index in [1.54, 1.807) is 0 Å². The van der Waals surface area contributed by atoms with E-state index in [2.05, 4.69) is 22.5 Å². The van der Waals surface area contributed by atoms with E-state index in [9.17, 15) is 0 Å². The standard InChI is InChI=1S/C13H27N3/c1-12(16-8-2-3-9-16)10-15-11-13-4-6-14-7-5-13/h12-15H,2-11H2,1H3. The zero-order chi connectivity index (χ0) is 11.2. The number of piperidine rings is 1. The maximum Gasteiger partial charge on any atom is 0.0192 e. The quantitative estimate of drug-likeness (QED) is 0.732. The highest BCUT2D eigenvalue weighted by molar-refractivity contribution is 4.76. The van der Waals surface area contributed by atoms with Gasteiger partial charge in [-0.25, -0.2) is 0 Å². The molecule has 0 bridgehead atoms. The molecule has 1 atom stereocenters. The van der Waals surface area contributed by atoms with Crippen LogP contribution in [0.3, 0.4) is 0 Å². The maximum absolute atomic E-state index is 3.66. The lowest BCUT2D eigenvalue weighted by molar-refractivity contribution is 0.245. The van der Waals surface area contributed by atoms with Crippen LogP contribution in [0.1, 0.15) is 32.6 Å². The average Bonchev–Trinajstić information content (AvgIpc) is 2.84. The molecule has 2 saturated heterocycles. The number of rotatable bonds is 5. The van der Waals surface area contributed by atoms with Crippen LogP contribution in [0.4, 0.5) is 0 Å². The summed E-state index contributed by atoms with van der Waals surface area (Å²) in [5.74, 6) is 0.909. The molecule has 2 heterocycles. The van der Waals surface area contributed by atoms with Gasteiger partial charge in [0.25, 0.3) is 0 Å². The predicted octanol–water partition coefficient (Wildman–Crippen LogP) is 1.06. The molecule has 3 nitrogen and oxygen atoms in total. The summed E-state index contributed by atoms with van der Waals surface area (Å²) >= 11 is 0. The van der Waals surface area contributed by atoms with Gasteiger partial charge < -0.3 is 10.6 Å². The van der Waals surface area contributed by atoms with Crippen molar-refractivity contribution in [3.8, 4) is 0 Å². The van der Waals surface area contributed by atoms with Crippen LogP contribution < -0.4 is 10.6 Å². The Hall–Kier alpha value is -0.120. The summed E-state index contributed by atoms with van der Waals surface area (Å²) in [6.07, 6.45) is 5.51. The van der Waals surface area contributed by atoms with E-state index in [4.69, 9.17) is 0 Å². The minimum atomic E-state index is 0.726. The number of likely N-dealkylation sites (tertiary alicyclic amines) is 1. The Morgan fingerprint density at radius 3 is 2.62 bits per heavy atom. The maximum atomic E-state index is 3.66. The van der Waals surface area contributed by atoms with E-state index in [0.717, 1.165) is 12.0 Å². The lowest BCUT2D eigenvalue weighted by Gasteiger charge is -2.27. The molecule has 1 unspecified atom stereocenters. The molecule has 2 aliphatic heterocycles. The van der Waals surface area contributed by atoms with E-state index < -0.39 is 0 Å². The van der Waals surface area contributed by atoms with Gasteiger partial charge in [0.15, 0.2) is 0 Å². The predicted molar refractivity (Wildman–Crippen MR) is 68.7 cm³/mol.